The Labute approximate surface area is 151 Å². The quantitative estimate of drug-likeness (QED) is 0.518. The molecule has 0 aliphatic heterocycles. The lowest BCUT2D eigenvalue weighted by Gasteiger charge is -2.46. The van der Waals surface area contributed by atoms with Gasteiger partial charge in [-0.25, -0.2) is 9.59 Å². The van der Waals surface area contributed by atoms with Crippen molar-refractivity contribution in [3.63, 3.8) is 0 Å². The molecule has 0 spiro atoms. The van der Waals surface area contributed by atoms with Crippen LogP contribution in [0.1, 0.15) is 12.8 Å². The SMILES string of the molecule is C=CCC1(O)C(C(=O)O)=CC=CC1C1C=CC=C(C(=O)O)C1(O)CC=C. The molecule has 6 nitrogen and oxygen atoms in total. The molecule has 4 atom stereocenters. The van der Waals surface area contributed by atoms with E-state index in [1.807, 2.05) is 0 Å². The van der Waals surface area contributed by atoms with Crippen LogP contribution < -0.4 is 0 Å². The van der Waals surface area contributed by atoms with Crippen molar-refractivity contribution in [2.75, 3.05) is 0 Å². The fourth-order valence-electron chi connectivity index (χ4n) is 3.79. The standard InChI is InChI=1S/C20H22O6/c1-3-11-19(25)13(7-5-9-15(19)17(21)22)14-8-6-10-16(18(23)24)20(14,26)12-4-2/h3-10,13-14,25-26H,1-2,11-12H2,(H,21,22)(H,23,24). The van der Waals surface area contributed by atoms with E-state index in [2.05, 4.69) is 13.2 Å². The summed E-state index contributed by atoms with van der Waals surface area (Å²) >= 11 is 0. The molecule has 0 bridgehead atoms. The predicted molar refractivity (Wildman–Crippen MR) is 96.2 cm³/mol. The van der Waals surface area contributed by atoms with Gasteiger partial charge >= 0.3 is 11.9 Å². The van der Waals surface area contributed by atoms with Crippen molar-refractivity contribution in [1.82, 2.24) is 0 Å². The Bertz CT molecular complexity index is 692. The second kappa shape index (κ2) is 7.27. The summed E-state index contributed by atoms with van der Waals surface area (Å²) in [4.78, 5) is 23.3. The second-order valence-corrected chi connectivity index (χ2v) is 6.43. The van der Waals surface area contributed by atoms with Gasteiger partial charge < -0.3 is 20.4 Å². The first kappa shape index (κ1) is 19.6. The summed E-state index contributed by atoms with van der Waals surface area (Å²) in [6, 6.07) is 0. The lowest BCUT2D eigenvalue weighted by atomic mass is 9.61. The summed E-state index contributed by atoms with van der Waals surface area (Å²) in [5.74, 6) is -4.32. The first-order valence-corrected chi connectivity index (χ1v) is 8.13. The topological polar surface area (TPSA) is 115 Å². The minimum absolute atomic E-state index is 0.0687. The van der Waals surface area contributed by atoms with Crippen LogP contribution in [0.4, 0.5) is 0 Å². The summed E-state index contributed by atoms with van der Waals surface area (Å²) in [5.41, 5.74) is -4.14. The Balaban J connectivity index is 2.60. The van der Waals surface area contributed by atoms with Crippen LogP contribution in [0.2, 0.25) is 0 Å². The zero-order valence-electron chi connectivity index (χ0n) is 14.2. The highest BCUT2D eigenvalue weighted by Gasteiger charge is 2.53. The minimum Gasteiger partial charge on any atom is -0.478 e. The Morgan fingerprint density at radius 3 is 1.50 bits per heavy atom. The molecule has 2 aliphatic carbocycles. The monoisotopic (exact) mass is 358 g/mol. The zero-order valence-corrected chi connectivity index (χ0v) is 14.2. The average molecular weight is 358 g/mol. The van der Waals surface area contributed by atoms with Crippen LogP contribution in [0.3, 0.4) is 0 Å². The minimum atomic E-state index is -1.84. The first-order valence-electron chi connectivity index (χ1n) is 8.13. The molecular weight excluding hydrogens is 336 g/mol. The summed E-state index contributed by atoms with van der Waals surface area (Å²) in [5, 5.41) is 41.4. The highest BCUT2D eigenvalue weighted by atomic mass is 16.4. The van der Waals surface area contributed by atoms with E-state index in [1.165, 1.54) is 36.5 Å². The number of hydrogen-bond donors (Lipinski definition) is 4. The molecule has 0 saturated carbocycles. The van der Waals surface area contributed by atoms with Gasteiger partial charge in [-0.05, 0) is 25.0 Å². The predicted octanol–water partition coefficient (Wildman–Crippen LogP) is 1.99. The summed E-state index contributed by atoms with van der Waals surface area (Å²) in [6.07, 6.45) is 11.4. The van der Waals surface area contributed by atoms with Crippen molar-refractivity contribution in [2.45, 2.75) is 24.0 Å². The van der Waals surface area contributed by atoms with Gasteiger partial charge in [-0.15, -0.1) is 13.2 Å². The number of allylic oxidation sites excluding steroid dienone is 4. The molecule has 0 aromatic carbocycles. The first-order chi connectivity index (χ1) is 12.2. The molecule has 6 heteroatoms. The molecule has 0 saturated heterocycles. The maximum absolute atomic E-state index is 11.6. The molecule has 0 radical (unpaired) electrons. The highest BCUT2D eigenvalue weighted by Crippen LogP contribution is 2.47. The second-order valence-electron chi connectivity index (χ2n) is 6.43. The van der Waals surface area contributed by atoms with E-state index in [4.69, 9.17) is 0 Å². The fourth-order valence-corrected chi connectivity index (χ4v) is 3.79. The summed E-state index contributed by atoms with van der Waals surface area (Å²) < 4.78 is 0. The summed E-state index contributed by atoms with van der Waals surface area (Å²) in [7, 11) is 0. The average Bonchev–Trinajstić information content (AvgIpc) is 2.55. The highest BCUT2D eigenvalue weighted by molar-refractivity contribution is 5.91. The van der Waals surface area contributed by atoms with Crippen LogP contribution in [0.25, 0.3) is 0 Å². The maximum atomic E-state index is 11.6. The van der Waals surface area contributed by atoms with Gasteiger partial charge in [-0.1, -0.05) is 36.5 Å². The van der Waals surface area contributed by atoms with E-state index in [-0.39, 0.29) is 24.0 Å². The van der Waals surface area contributed by atoms with Gasteiger partial charge in [0.1, 0.15) is 11.2 Å². The number of rotatable bonds is 7. The molecule has 0 aromatic rings. The third-order valence-corrected chi connectivity index (χ3v) is 4.96. The molecule has 4 unspecified atom stereocenters. The van der Waals surface area contributed by atoms with Gasteiger partial charge in [-0.2, -0.15) is 0 Å². The van der Waals surface area contributed by atoms with Gasteiger partial charge in [0.05, 0.1) is 11.1 Å². The number of aliphatic carboxylic acids is 2. The van der Waals surface area contributed by atoms with Crippen molar-refractivity contribution in [1.29, 1.82) is 0 Å². The zero-order chi connectivity index (χ0) is 19.5. The van der Waals surface area contributed by atoms with E-state index in [0.717, 1.165) is 0 Å². The lowest BCUT2D eigenvalue weighted by molar-refractivity contribution is -0.140. The molecule has 0 aromatic heterocycles. The Kier molecular flexibility index (Phi) is 5.49. The number of carboxylic acids is 2. The van der Waals surface area contributed by atoms with Crippen LogP contribution in [0.15, 0.2) is 72.9 Å². The van der Waals surface area contributed by atoms with Gasteiger partial charge in [0.25, 0.3) is 0 Å². The van der Waals surface area contributed by atoms with E-state index >= 15 is 0 Å². The Morgan fingerprint density at radius 2 is 1.23 bits per heavy atom. The van der Waals surface area contributed by atoms with Gasteiger partial charge in [0.15, 0.2) is 0 Å². The molecular formula is C20H22O6. The normalized spacial score (nSPS) is 33.2. The molecule has 2 rings (SSSR count). The van der Waals surface area contributed by atoms with Crippen LogP contribution in [0.5, 0.6) is 0 Å². The van der Waals surface area contributed by atoms with Crippen LogP contribution in [-0.2, 0) is 9.59 Å². The van der Waals surface area contributed by atoms with Crippen LogP contribution in [-0.4, -0.2) is 43.6 Å². The largest absolute Gasteiger partial charge is 0.478 e. The number of aliphatic hydroxyl groups is 2. The Hall–Kier alpha value is -2.70. The summed E-state index contributed by atoms with van der Waals surface area (Å²) in [6.45, 7) is 7.17. The van der Waals surface area contributed by atoms with Crippen LogP contribution in [0, 0.1) is 11.8 Å². The lowest BCUT2D eigenvalue weighted by Crippen LogP contribution is -2.54. The van der Waals surface area contributed by atoms with E-state index in [0.29, 0.717) is 0 Å². The third kappa shape index (κ3) is 3.09. The Morgan fingerprint density at radius 1 is 0.885 bits per heavy atom. The molecule has 138 valence electrons. The molecule has 2 aliphatic rings. The van der Waals surface area contributed by atoms with Crippen molar-refractivity contribution < 1.29 is 30.0 Å². The molecule has 0 fully saturated rings. The number of hydrogen-bond acceptors (Lipinski definition) is 4. The third-order valence-electron chi connectivity index (χ3n) is 4.96. The van der Waals surface area contributed by atoms with Crippen LogP contribution >= 0.6 is 0 Å². The van der Waals surface area contributed by atoms with Crippen molar-refractivity contribution in [3.05, 3.63) is 72.9 Å². The number of carboxylic acid groups (broad SMARTS) is 2. The fraction of sp³-hybridized carbons (Fsp3) is 0.300. The molecule has 0 heterocycles. The molecule has 4 N–H and O–H groups in total. The smallest absolute Gasteiger partial charge is 0.334 e. The number of carbonyl (C=O) groups is 2. The van der Waals surface area contributed by atoms with Crippen molar-refractivity contribution >= 4 is 11.9 Å². The van der Waals surface area contributed by atoms with E-state index in [1.54, 1.807) is 12.2 Å². The van der Waals surface area contributed by atoms with Gasteiger partial charge in [0.2, 0.25) is 0 Å². The van der Waals surface area contributed by atoms with Crippen molar-refractivity contribution in [3.8, 4) is 0 Å². The van der Waals surface area contributed by atoms with E-state index < -0.39 is 35.0 Å². The van der Waals surface area contributed by atoms with Crippen molar-refractivity contribution in [2.24, 2.45) is 11.8 Å². The van der Waals surface area contributed by atoms with Gasteiger partial charge in [-0.3, -0.25) is 0 Å². The van der Waals surface area contributed by atoms with E-state index in [9.17, 15) is 30.0 Å². The molecule has 26 heavy (non-hydrogen) atoms. The van der Waals surface area contributed by atoms with Gasteiger partial charge in [0, 0.05) is 11.8 Å². The molecule has 0 amide bonds. The maximum Gasteiger partial charge on any atom is 0.334 e.